The van der Waals surface area contributed by atoms with Gasteiger partial charge < -0.3 is 5.32 Å². The second-order valence-electron chi connectivity index (χ2n) is 6.44. The van der Waals surface area contributed by atoms with Crippen molar-refractivity contribution in [3.63, 3.8) is 0 Å². The number of carbonyl (C=O) groups is 1. The molecule has 9 heteroatoms. The Labute approximate surface area is 170 Å². The van der Waals surface area contributed by atoms with Crippen LogP contribution in [0.4, 0.5) is 5.82 Å². The van der Waals surface area contributed by atoms with E-state index < -0.39 is 0 Å². The van der Waals surface area contributed by atoms with Crippen LogP contribution in [0.25, 0.3) is 5.65 Å². The fraction of sp³-hybridized carbons (Fsp3) is 0.158. The number of carbonyl (C=O) groups excluding carboxylic acids is 1. The van der Waals surface area contributed by atoms with Crippen LogP contribution < -0.4 is 5.32 Å². The van der Waals surface area contributed by atoms with Crippen LogP contribution >= 0.6 is 23.2 Å². The largest absolute Gasteiger partial charge is 0.304 e. The van der Waals surface area contributed by atoms with Crippen LogP contribution in [0.2, 0.25) is 10.0 Å². The van der Waals surface area contributed by atoms with E-state index in [1.807, 2.05) is 44.2 Å². The molecule has 0 atom stereocenters. The van der Waals surface area contributed by atoms with Gasteiger partial charge in [-0.2, -0.15) is 10.2 Å². The van der Waals surface area contributed by atoms with Crippen LogP contribution in [0.5, 0.6) is 0 Å². The molecule has 0 aliphatic rings. The summed E-state index contributed by atoms with van der Waals surface area (Å²) >= 11 is 12.2. The van der Waals surface area contributed by atoms with Crippen LogP contribution in [-0.2, 0) is 6.54 Å². The highest BCUT2D eigenvalue weighted by atomic mass is 35.5. The highest BCUT2D eigenvalue weighted by Gasteiger charge is 2.18. The number of rotatable bonds is 4. The van der Waals surface area contributed by atoms with Crippen molar-refractivity contribution in [3.8, 4) is 0 Å². The number of benzene rings is 1. The van der Waals surface area contributed by atoms with Crippen LogP contribution in [0.15, 0.2) is 42.7 Å². The molecule has 4 aromatic rings. The second kappa shape index (κ2) is 7.26. The van der Waals surface area contributed by atoms with E-state index in [0.717, 1.165) is 17.0 Å². The standard InChI is InChI=1S/C19H16Cl2N6O/c1-11-7-12(2)27-18(23-11)15(8-22-27)19(28)24-17-16(21)10-26(25-17)9-13-3-5-14(20)6-4-13/h3-8,10H,9H2,1-2H3,(H,24,25,28). The Bertz CT molecular complexity index is 1180. The maximum Gasteiger partial charge on any atom is 0.262 e. The number of aromatic nitrogens is 5. The number of nitrogens with one attached hydrogen (secondary N) is 1. The molecule has 0 aliphatic heterocycles. The lowest BCUT2D eigenvalue weighted by molar-refractivity contribution is 0.102. The van der Waals surface area contributed by atoms with Gasteiger partial charge in [0.15, 0.2) is 11.5 Å². The van der Waals surface area contributed by atoms with Gasteiger partial charge >= 0.3 is 0 Å². The first-order chi connectivity index (χ1) is 13.4. The van der Waals surface area contributed by atoms with Gasteiger partial charge in [0.25, 0.3) is 5.91 Å². The number of hydrogen-bond acceptors (Lipinski definition) is 4. The summed E-state index contributed by atoms with van der Waals surface area (Å²) in [4.78, 5) is 17.2. The number of fused-ring (bicyclic) bond motifs is 1. The minimum Gasteiger partial charge on any atom is -0.304 e. The third-order valence-electron chi connectivity index (χ3n) is 4.23. The Balaban J connectivity index is 1.57. The molecule has 28 heavy (non-hydrogen) atoms. The van der Waals surface area contributed by atoms with Crippen LogP contribution in [0.3, 0.4) is 0 Å². The number of amides is 1. The molecule has 1 amide bonds. The molecule has 0 bridgehead atoms. The van der Waals surface area contributed by atoms with Gasteiger partial charge in [-0.1, -0.05) is 35.3 Å². The zero-order valence-corrected chi connectivity index (χ0v) is 16.7. The highest BCUT2D eigenvalue weighted by Crippen LogP contribution is 2.22. The molecule has 1 N–H and O–H groups in total. The van der Waals surface area contributed by atoms with Crippen molar-refractivity contribution in [1.82, 2.24) is 24.4 Å². The first kappa shape index (κ1) is 18.5. The molecule has 0 fully saturated rings. The predicted molar refractivity (Wildman–Crippen MR) is 108 cm³/mol. The molecule has 0 spiro atoms. The van der Waals surface area contributed by atoms with E-state index in [-0.39, 0.29) is 11.7 Å². The first-order valence-corrected chi connectivity index (χ1v) is 9.27. The van der Waals surface area contributed by atoms with Crippen molar-refractivity contribution in [1.29, 1.82) is 0 Å². The van der Waals surface area contributed by atoms with E-state index in [9.17, 15) is 4.79 Å². The van der Waals surface area contributed by atoms with Gasteiger partial charge in [-0.15, -0.1) is 0 Å². The first-order valence-electron chi connectivity index (χ1n) is 8.51. The lowest BCUT2D eigenvalue weighted by Gasteiger charge is -2.04. The quantitative estimate of drug-likeness (QED) is 0.543. The number of halogens is 2. The summed E-state index contributed by atoms with van der Waals surface area (Å²) in [6.45, 7) is 4.28. The van der Waals surface area contributed by atoms with E-state index in [2.05, 4.69) is 20.5 Å². The van der Waals surface area contributed by atoms with Crippen molar-refractivity contribution < 1.29 is 4.79 Å². The molecule has 1 aromatic carbocycles. The van der Waals surface area contributed by atoms with Crippen molar-refractivity contribution >= 4 is 40.6 Å². The minimum atomic E-state index is -0.369. The topological polar surface area (TPSA) is 77.1 Å². The molecular weight excluding hydrogens is 399 g/mol. The van der Waals surface area contributed by atoms with Gasteiger partial charge in [-0.25, -0.2) is 9.50 Å². The molecule has 0 aliphatic carbocycles. The van der Waals surface area contributed by atoms with E-state index in [1.165, 1.54) is 6.20 Å². The normalized spacial score (nSPS) is 11.1. The molecule has 4 rings (SSSR count). The zero-order valence-electron chi connectivity index (χ0n) is 15.1. The third-order valence-corrected chi connectivity index (χ3v) is 4.76. The molecule has 0 unspecified atom stereocenters. The summed E-state index contributed by atoms with van der Waals surface area (Å²) in [7, 11) is 0. The maximum atomic E-state index is 12.7. The van der Waals surface area contributed by atoms with E-state index in [4.69, 9.17) is 23.2 Å². The molecule has 0 saturated heterocycles. The number of anilines is 1. The van der Waals surface area contributed by atoms with Crippen molar-refractivity contribution in [2.24, 2.45) is 0 Å². The Morgan fingerprint density at radius 3 is 2.68 bits per heavy atom. The van der Waals surface area contributed by atoms with E-state index in [0.29, 0.717) is 27.8 Å². The molecular formula is C19H16Cl2N6O. The molecule has 3 heterocycles. The summed E-state index contributed by atoms with van der Waals surface area (Å²) in [5.74, 6) is -0.0875. The summed E-state index contributed by atoms with van der Waals surface area (Å²) in [5, 5.41) is 12.4. The lowest BCUT2D eigenvalue weighted by Crippen LogP contribution is -2.13. The Morgan fingerprint density at radius 1 is 1.18 bits per heavy atom. The lowest BCUT2D eigenvalue weighted by atomic mass is 10.2. The zero-order chi connectivity index (χ0) is 19.8. The SMILES string of the molecule is Cc1cc(C)n2ncc(C(=O)Nc3nn(Cc4ccc(Cl)cc4)cc3Cl)c2n1. The van der Waals surface area contributed by atoms with Crippen molar-refractivity contribution in [2.75, 3.05) is 5.32 Å². The average Bonchev–Trinajstić information content (AvgIpc) is 3.21. The van der Waals surface area contributed by atoms with Crippen LogP contribution in [-0.4, -0.2) is 30.3 Å². The maximum absolute atomic E-state index is 12.7. The van der Waals surface area contributed by atoms with Gasteiger partial charge in [0.1, 0.15) is 10.6 Å². The summed E-state index contributed by atoms with van der Waals surface area (Å²) in [6.07, 6.45) is 3.15. The van der Waals surface area contributed by atoms with Gasteiger partial charge in [0.2, 0.25) is 0 Å². The predicted octanol–water partition coefficient (Wildman–Crippen LogP) is 4.15. The number of aryl methyl sites for hydroxylation is 2. The van der Waals surface area contributed by atoms with Crippen molar-refractivity contribution in [2.45, 2.75) is 20.4 Å². The fourth-order valence-electron chi connectivity index (χ4n) is 2.95. The Morgan fingerprint density at radius 2 is 1.93 bits per heavy atom. The highest BCUT2D eigenvalue weighted by molar-refractivity contribution is 6.33. The molecule has 0 saturated carbocycles. The summed E-state index contributed by atoms with van der Waals surface area (Å²) in [5.41, 5.74) is 3.57. The monoisotopic (exact) mass is 414 g/mol. The molecule has 0 radical (unpaired) electrons. The Hall–Kier alpha value is -2.90. The second-order valence-corrected chi connectivity index (χ2v) is 7.28. The molecule has 3 aromatic heterocycles. The third kappa shape index (κ3) is 3.58. The number of hydrogen-bond donors (Lipinski definition) is 1. The van der Waals surface area contributed by atoms with Gasteiger partial charge in [-0.05, 0) is 37.6 Å². The molecule has 7 nitrogen and oxygen atoms in total. The van der Waals surface area contributed by atoms with Crippen molar-refractivity contribution in [3.05, 3.63) is 75.3 Å². The summed E-state index contributed by atoms with van der Waals surface area (Å²) < 4.78 is 3.28. The Kier molecular flexibility index (Phi) is 4.78. The molecule has 142 valence electrons. The van der Waals surface area contributed by atoms with Gasteiger partial charge in [-0.3, -0.25) is 9.48 Å². The van der Waals surface area contributed by atoms with Gasteiger partial charge in [0, 0.05) is 22.6 Å². The minimum absolute atomic E-state index is 0.282. The van der Waals surface area contributed by atoms with E-state index in [1.54, 1.807) is 15.4 Å². The fourth-order valence-corrected chi connectivity index (χ4v) is 3.27. The van der Waals surface area contributed by atoms with Gasteiger partial charge in [0.05, 0.1) is 12.7 Å². The number of nitrogens with zero attached hydrogens (tertiary/aromatic N) is 5. The summed E-state index contributed by atoms with van der Waals surface area (Å²) in [6, 6.07) is 9.34. The van der Waals surface area contributed by atoms with E-state index >= 15 is 0 Å². The van der Waals surface area contributed by atoms with Crippen LogP contribution in [0.1, 0.15) is 27.3 Å². The average molecular weight is 415 g/mol. The van der Waals surface area contributed by atoms with Crippen LogP contribution in [0, 0.1) is 13.8 Å². The smallest absolute Gasteiger partial charge is 0.262 e.